The summed E-state index contributed by atoms with van der Waals surface area (Å²) in [7, 11) is 0. The number of hydrogen-bond acceptors (Lipinski definition) is 3. The lowest BCUT2D eigenvalue weighted by atomic mass is 9.82. The van der Waals surface area contributed by atoms with Crippen molar-refractivity contribution in [3.05, 3.63) is 216 Å². The molecule has 2 aliphatic carbocycles. The SMILES string of the molecule is CC1(C)c2ccccc2-c2ccc(N(c3ccccc3)c3cccc4c3Oc3c(N(c5ccccc5)c5ccc6c(c5)C(C)(C)c5ccccc5-6)ccc5cccc-4c35)cc21. The smallest absolute Gasteiger partial charge is 0.160 e. The minimum atomic E-state index is -0.143. The molecule has 61 heavy (non-hydrogen) atoms. The van der Waals surface area contributed by atoms with Gasteiger partial charge in [-0.3, -0.25) is 0 Å². The zero-order valence-electron chi connectivity index (χ0n) is 34.8. The van der Waals surface area contributed by atoms with Crippen molar-refractivity contribution < 1.29 is 4.74 Å². The molecule has 3 heteroatoms. The van der Waals surface area contributed by atoms with Crippen molar-refractivity contribution in [1.82, 2.24) is 0 Å². The molecule has 0 radical (unpaired) electrons. The van der Waals surface area contributed by atoms with Crippen molar-refractivity contribution in [2.45, 2.75) is 38.5 Å². The Bertz CT molecular complexity index is 3240. The van der Waals surface area contributed by atoms with E-state index in [1.165, 1.54) is 44.5 Å². The van der Waals surface area contributed by atoms with E-state index >= 15 is 0 Å². The summed E-state index contributed by atoms with van der Waals surface area (Å²) in [5.74, 6) is 1.68. The molecule has 0 amide bonds. The molecule has 0 saturated carbocycles. The number of rotatable bonds is 6. The highest BCUT2D eigenvalue weighted by molar-refractivity contribution is 6.09. The predicted molar refractivity (Wildman–Crippen MR) is 254 cm³/mol. The van der Waals surface area contributed by atoms with Crippen LogP contribution in [-0.4, -0.2) is 0 Å². The van der Waals surface area contributed by atoms with Crippen molar-refractivity contribution >= 4 is 44.9 Å². The van der Waals surface area contributed by atoms with Gasteiger partial charge in [-0.2, -0.15) is 0 Å². The van der Waals surface area contributed by atoms with Crippen LogP contribution >= 0.6 is 0 Å². The summed E-state index contributed by atoms with van der Waals surface area (Å²) in [5, 5.41) is 2.26. The second kappa shape index (κ2) is 13.1. The third-order valence-corrected chi connectivity index (χ3v) is 13.6. The summed E-state index contributed by atoms with van der Waals surface area (Å²) >= 11 is 0. The topological polar surface area (TPSA) is 15.7 Å². The number of para-hydroxylation sites is 3. The highest BCUT2D eigenvalue weighted by atomic mass is 16.5. The first kappa shape index (κ1) is 35.6. The van der Waals surface area contributed by atoms with Gasteiger partial charge in [0.15, 0.2) is 11.5 Å². The zero-order valence-corrected chi connectivity index (χ0v) is 34.8. The van der Waals surface area contributed by atoms with E-state index in [4.69, 9.17) is 4.74 Å². The van der Waals surface area contributed by atoms with Gasteiger partial charge in [-0.05, 0) is 116 Å². The fourth-order valence-electron chi connectivity index (χ4n) is 10.6. The molecule has 0 fully saturated rings. The second-order valence-electron chi connectivity index (χ2n) is 17.7. The van der Waals surface area contributed by atoms with E-state index in [-0.39, 0.29) is 10.8 Å². The van der Waals surface area contributed by atoms with Gasteiger partial charge in [-0.25, -0.2) is 0 Å². The Morgan fingerprint density at radius 1 is 0.328 bits per heavy atom. The first-order valence-electron chi connectivity index (χ1n) is 21.4. The number of benzene rings is 9. The van der Waals surface area contributed by atoms with Gasteiger partial charge in [0, 0.05) is 44.5 Å². The van der Waals surface area contributed by atoms with Crippen LogP contribution in [0.5, 0.6) is 11.5 Å². The Labute approximate surface area is 357 Å². The van der Waals surface area contributed by atoms with Crippen LogP contribution in [0.4, 0.5) is 34.1 Å². The van der Waals surface area contributed by atoms with Gasteiger partial charge in [0.05, 0.1) is 11.4 Å². The van der Waals surface area contributed by atoms with Gasteiger partial charge in [0.2, 0.25) is 0 Å². The Morgan fingerprint density at radius 2 is 0.787 bits per heavy atom. The molecule has 3 aliphatic rings. The van der Waals surface area contributed by atoms with Crippen LogP contribution < -0.4 is 14.5 Å². The molecule has 1 aliphatic heterocycles. The molecule has 292 valence electrons. The van der Waals surface area contributed by atoms with Crippen LogP contribution in [0.15, 0.2) is 194 Å². The maximum atomic E-state index is 7.54. The lowest BCUT2D eigenvalue weighted by Crippen LogP contribution is -2.18. The average molecular weight is 785 g/mol. The first-order valence-corrected chi connectivity index (χ1v) is 21.4. The first-order chi connectivity index (χ1) is 29.8. The summed E-state index contributed by atoms with van der Waals surface area (Å²) in [6.07, 6.45) is 0. The van der Waals surface area contributed by atoms with E-state index in [0.29, 0.717) is 0 Å². The second-order valence-corrected chi connectivity index (χ2v) is 17.7. The van der Waals surface area contributed by atoms with Crippen molar-refractivity contribution in [2.75, 3.05) is 9.80 Å². The molecule has 12 rings (SSSR count). The number of hydrogen-bond donors (Lipinski definition) is 0. The van der Waals surface area contributed by atoms with Crippen molar-refractivity contribution in [1.29, 1.82) is 0 Å². The maximum absolute atomic E-state index is 7.54. The molecule has 9 aromatic rings. The van der Waals surface area contributed by atoms with Crippen LogP contribution in [0, 0.1) is 0 Å². The van der Waals surface area contributed by atoms with Crippen LogP contribution in [0.3, 0.4) is 0 Å². The predicted octanol–water partition coefficient (Wildman–Crippen LogP) is 16.2. The molecular weight excluding hydrogens is 741 g/mol. The molecule has 0 saturated heterocycles. The highest BCUT2D eigenvalue weighted by Crippen LogP contribution is 2.58. The molecule has 0 N–H and O–H groups in total. The maximum Gasteiger partial charge on any atom is 0.160 e. The molecule has 0 unspecified atom stereocenters. The Hall–Kier alpha value is -7.36. The van der Waals surface area contributed by atoms with E-state index in [2.05, 4.69) is 232 Å². The van der Waals surface area contributed by atoms with Crippen LogP contribution in [0.25, 0.3) is 44.2 Å². The van der Waals surface area contributed by atoms with Gasteiger partial charge in [-0.15, -0.1) is 0 Å². The molecule has 0 bridgehead atoms. The standard InChI is InChI=1S/C58H44N2O/c1-57(2)48-26-13-11-22-42(48)44-32-30-40(35-50(44)57)59(38-18-7-5-8-19-38)52-28-16-25-47-46-24-15-17-37-29-34-53(56(54(37)46)61-55(47)52)60(39-20-9-6-10-21-39)41-31-33-45-43-23-12-14-27-49(43)58(3,4)51(45)36-41/h5-36H,1-4H3. The van der Waals surface area contributed by atoms with E-state index < -0.39 is 0 Å². The van der Waals surface area contributed by atoms with Crippen molar-refractivity contribution in [3.8, 4) is 44.9 Å². The van der Waals surface area contributed by atoms with Crippen molar-refractivity contribution in [2.24, 2.45) is 0 Å². The van der Waals surface area contributed by atoms with Crippen LogP contribution in [-0.2, 0) is 10.8 Å². The summed E-state index contributed by atoms with van der Waals surface area (Å²) < 4.78 is 7.54. The number of nitrogens with zero attached hydrogens (tertiary/aromatic N) is 2. The van der Waals surface area contributed by atoms with Gasteiger partial charge in [-0.1, -0.05) is 161 Å². The van der Waals surface area contributed by atoms with Gasteiger partial charge < -0.3 is 14.5 Å². The molecule has 0 aromatic heterocycles. The van der Waals surface area contributed by atoms with Gasteiger partial charge in [0.25, 0.3) is 0 Å². The molecule has 9 aromatic carbocycles. The highest BCUT2D eigenvalue weighted by Gasteiger charge is 2.38. The molecule has 0 atom stereocenters. The van der Waals surface area contributed by atoms with E-state index in [0.717, 1.165) is 67.5 Å². The monoisotopic (exact) mass is 784 g/mol. The third-order valence-electron chi connectivity index (χ3n) is 13.6. The summed E-state index contributed by atoms with van der Waals surface area (Å²) in [6, 6.07) is 70.8. The quantitative estimate of drug-likeness (QED) is 0.167. The zero-order chi connectivity index (χ0) is 41.0. The Morgan fingerprint density at radius 3 is 1.36 bits per heavy atom. The van der Waals surface area contributed by atoms with Gasteiger partial charge >= 0.3 is 0 Å². The van der Waals surface area contributed by atoms with Crippen molar-refractivity contribution in [3.63, 3.8) is 0 Å². The van der Waals surface area contributed by atoms with E-state index in [9.17, 15) is 0 Å². The fraction of sp³-hybridized carbons (Fsp3) is 0.103. The number of ether oxygens (including phenoxy) is 1. The third kappa shape index (κ3) is 5.17. The molecular formula is C58H44N2O. The summed E-state index contributed by atoms with van der Waals surface area (Å²) in [4.78, 5) is 4.76. The van der Waals surface area contributed by atoms with Crippen LogP contribution in [0.2, 0.25) is 0 Å². The number of anilines is 6. The Kier molecular flexibility index (Phi) is 7.62. The van der Waals surface area contributed by atoms with E-state index in [1.807, 2.05) is 0 Å². The minimum absolute atomic E-state index is 0.142. The molecule has 3 nitrogen and oxygen atoms in total. The average Bonchev–Trinajstić information content (AvgIpc) is 3.67. The normalized spacial score (nSPS) is 14.3. The van der Waals surface area contributed by atoms with Gasteiger partial charge in [0.1, 0.15) is 0 Å². The molecule has 0 spiro atoms. The largest absolute Gasteiger partial charge is 0.452 e. The Balaban J connectivity index is 1.06. The summed E-state index contributed by atoms with van der Waals surface area (Å²) in [6.45, 7) is 9.39. The number of fused-ring (bicyclic) bond motifs is 8. The van der Waals surface area contributed by atoms with E-state index in [1.54, 1.807) is 0 Å². The lowest BCUT2D eigenvalue weighted by molar-refractivity contribution is 0.489. The fourth-order valence-corrected chi connectivity index (χ4v) is 10.6. The lowest BCUT2D eigenvalue weighted by Gasteiger charge is -2.34. The molecule has 1 heterocycles. The minimum Gasteiger partial charge on any atom is -0.452 e. The summed E-state index contributed by atoms with van der Waals surface area (Å²) in [5.41, 5.74) is 18.9. The van der Waals surface area contributed by atoms with Crippen LogP contribution in [0.1, 0.15) is 49.9 Å².